The van der Waals surface area contributed by atoms with E-state index in [1.807, 2.05) is 6.92 Å². The van der Waals surface area contributed by atoms with Gasteiger partial charge >= 0.3 is 12.1 Å². The maximum Gasteiger partial charge on any atom is 0.509 e. The van der Waals surface area contributed by atoms with Crippen LogP contribution in [0.15, 0.2) is 0 Å². The average molecular weight is 242 g/mol. The predicted octanol–water partition coefficient (Wildman–Crippen LogP) is 1.89. The molecule has 5 heteroatoms. The fraction of sp³-hybridized carbons (Fsp3) is 0.667. The maximum absolute atomic E-state index is 11.1. The van der Waals surface area contributed by atoms with Crippen molar-refractivity contribution in [3.8, 4) is 11.8 Å². The van der Waals surface area contributed by atoms with Crippen LogP contribution in [0.4, 0.5) is 4.79 Å². The molecule has 0 aliphatic heterocycles. The van der Waals surface area contributed by atoms with Crippen LogP contribution >= 0.6 is 0 Å². The standard InChI is InChI=1S/C12H18O5/c1-4-7-10(17-12(14)16-6-3)8-9-11(13)15-5-2/h10H,4-7H2,1-3H3. The summed E-state index contributed by atoms with van der Waals surface area (Å²) >= 11 is 0. The summed E-state index contributed by atoms with van der Waals surface area (Å²) in [4.78, 5) is 22.1. The van der Waals surface area contributed by atoms with E-state index < -0.39 is 18.2 Å². The SMILES string of the molecule is CCCC(C#CC(=O)OCC)OC(=O)OCC. The Morgan fingerprint density at radius 3 is 2.29 bits per heavy atom. The Balaban J connectivity index is 4.31. The van der Waals surface area contributed by atoms with Gasteiger partial charge < -0.3 is 14.2 Å². The molecule has 0 radical (unpaired) electrons. The van der Waals surface area contributed by atoms with Gasteiger partial charge in [0.15, 0.2) is 6.10 Å². The molecule has 0 fully saturated rings. The van der Waals surface area contributed by atoms with Gasteiger partial charge in [-0.3, -0.25) is 0 Å². The Labute approximate surface area is 101 Å². The Kier molecular flexibility index (Phi) is 8.57. The van der Waals surface area contributed by atoms with Gasteiger partial charge in [-0.1, -0.05) is 13.3 Å². The molecule has 0 rings (SSSR count). The molecule has 0 spiro atoms. The van der Waals surface area contributed by atoms with E-state index in [2.05, 4.69) is 21.3 Å². The molecule has 0 saturated heterocycles. The van der Waals surface area contributed by atoms with Gasteiger partial charge in [0.2, 0.25) is 0 Å². The summed E-state index contributed by atoms with van der Waals surface area (Å²) < 4.78 is 14.2. The lowest BCUT2D eigenvalue weighted by molar-refractivity contribution is -0.136. The highest BCUT2D eigenvalue weighted by atomic mass is 16.7. The van der Waals surface area contributed by atoms with Crippen LogP contribution in [0.3, 0.4) is 0 Å². The summed E-state index contributed by atoms with van der Waals surface area (Å²) in [5.74, 6) is 4.19. The molecule has 0 aliphatic carbocycles. The number of hydrogen-bond acceptors (Lipinski definition) is 5. The van der Waals surface area contributed by atoms with Crippen LogP contribution < -0.4 is 0 Å². The topological polar surface area (TPSA) is 61.8 Å². The van der Waals surface area contributed by atoms with Crippen LogP contribution in [-0.2, 0) is 19.0 Å². The van der Waals surface area contributed by atoms with Gasteiger partial charge in [0.1, 0.15) is 0 Å². The lowest BCUT2D eigenvalue weighted by Crippen LogP contribution is -2.18. The molecular weight excluding hydrogens is 224 g/mol. The fourth-order valence-electron chi connectivity index (χ4n) is 0.997. The lowest BCUT2D eigenvalue weighted by Gasteiger charge is -2.10. The molecule has 0 aromatic carbocycles. The van der Waals surface area contributed by atoms with E-state index in [0.717, 1.165) is 6.42 Å². The molecule has 0 amide bonds. The molecular formula is C12H18O5. The van der Waals surface area contributed by atoms with Crippen LogP contribution in [0, 0.1) is 11.8 Å². The number of carbonyl (C=O) groups is 2. The number of hydrogen-bond donors (Lipinski definition) is 0. The first-order valence-electron chi connectivity index (χ1n) is 5.65. The molecule has 1 unspecified atom stereocenters. The van der Waals surface area contributed by atoms with Crippen LogP contribution in [0.25, 0.3) is 0 Å². The molecule has 0 aliphatic rings. The zero-order valence-electron chi connectivity index (χ0n) is 10.4. The van der Waals surface area contributed by atoms with Gasteiger partial charge in [0.25, 0.3) is 0 Å². The summed E-state index contributed by atoms with van der Waals surface area (Å²) in [5.41, 5.74) is 0. The van der Waals surface area contributed by atoms with E-state index in [4.69, 9.17) is 4.74 Å². The van der Waals surface area contributed by atoms with E-state index in [0.29, 0.717) is 6.42 Å². The van der Waals surface area contributed by atoms with E-state index in [1.54, 1.807) is 13.8 Å². The largest absolute Gasteiger partial charge is 0.509 e. The molecule has 0 bridgehead atoms. The first-order chi connectivity index (χ1) is 8.13. The molecule has 0 aromatic heterocycles. The normalized spacial score (nSPS) is 10.8. The second kappa shape index (κ2) is 9.52. The first-order valence-corrected chi connectivity index (χ1v) is 5.65. The van der Waals surface area contributed by atoms with Crippen molar-refractivity contribution in [2.24, 2.45) is 0 Å². The molecule has 0 heterocycles. The molecule has 0 saturated carbocycles. The van der Waals surface area contributed by atoms with Crippen molar-refractivity contribution in [1.82, 2.24) is 0 Å². The van der Waals surface area contributed by atoms with Crippen LogP contribution in [0.1, 0.15) is 33.6 Å². The molecule has 5 nitrogen and oxygen atoms in total. The average Bonchev–Trinajstić information content (AvgIpc) is 2.27. The fourth-order valence-corrected chi connectivity index (χ4v) is 0.997. The summed E-state index contributed by atoms with van der Waals surface area (Å²) in [6.07, 6.45) is -0.0835. The highest BCUT2D eigenvalue weighted by Gasteiger charge is 2.11. The van der Waals surface area contributed by atoms with E-state index >= 15 is 0 Å². The van der Waals surface area contributed by atoms with Crippen molar-refractivity contribution in [1.29, 1.82) is 0 Å². The van der Waals surface area contributed by atoms with Crippen molar-refractivity contribution >= 4 is 12.1 Å². The highest BCUT2D eigenvalue weighted by Crippen LogP contribution is 2.02. The lowest BCUT2D eigenvalue weighted by atomic mass is 10.2. The zero-order chi connectivity index (χ0) is 13.1. The van der Waals surface area contributed by atoms with Gasteiger partial charge in [-0.25, -0.2) is 9.59 Å². The summed E-state index contributed by atoms with van der Waals surface area (Å²) in [5, 5.41) is 0. The number of esters is 1. The van der Waals surface area contributed by atoms with Crippen LogP contribution in [0.2, 0.25) is 0 Å². The second-order valence-corrected chi connectivity index (χ2v) is 3.07. The Morgan fingerprint density at radius 2 is 1.76 bits per heavy atom. The van der Waals surface area contributed by atoms with Gasteiger partial charge in [-0.15, -0.1) is 0 Å². The smallest absolute Gasteiger partial charge is 0.456 e. The van der Waals surface area contributed by atoms with E-state index in [1.165, 1.54) is 0 Å². The van der Waals surface area contributed by atoms with Crippen molar-refractivity contribution in [2.45, 2.75) is 39.7 Å². The minimum absolute atomic E-state index is 0.239. The van der Waals surface area contributed by atoms with Crippen molar-refractivity contribution < 1.29 is 23.8 Å². The summed E-state index contributed by atoms with van der Waals surface area (Å²) in [7, 11) is 0. The second-order valence-electron chi connectivity index (χ2n) is 3.07. The first kappa shape index (κ1) is 15.3. The maximum atomic E-state index is 11.1. The third kappa shape index (κ3) is 8.14. The van der Waals surface area contributed by atoms with Crippen LogP contribution in [0.5, 0.6) is 0 Å². The summed E-state index contributed by atoms with van der Waals surface area (Å²) in [6.45, 7) is 5.81. The van der Waals surface area contributed by atoms with Gasteiger partial charge in [-0.2, -0.15) is 0 Å². The molecule has 96 valence electrons. The Hall–Kier alpha value is -1.70. The van der Waals surface area contributed by atoms with Crippen molar-refractivity contribution in [3.63, 3.8) is 0 Å². The minimum atomic E-state index is -0.774. The Morgan fingerprint density at radius 1 is 1.12 bits per heavy atom. The highest BCUT2D eigenvalue weighted by molar-refractivity contribution is 5.88. The monoisotopic (exact) mass is 242 g/mol. The van der Waals surface area contributed by atoms with Gasteiger partial charge in [0, 0.05) is 5.92 Å². The zero-order valence-corrected chi connectivity index (χ0v) is 10.4. The quantitative estimate of drug-likeness (QED) is 0.418. The van der Waals surface area contributed by atoms with Crippen LogP contribution in [-0.4, -0.2) is 31.4 Å². The summed E-state index contributed by atoms with van der Waals surface area (Å²) in [6, 6.07) is 0. The molecule has 0 N–H and O–H groups in total. The molecule has 1 atom stereocenters. The van der Waals surface area contributed by atoms with Gasteiger partial charge in [-0.05, 0) is 26.2 Å². The third-order valence-electron chi connectivity index (χ3n) is 1.66. The minimum Gasteiger partial charge on any atom is -0.456 e. The van der Waals surface area contributed by atoms with E-state index in [9.17, 15) is 9.59 Å². The molecule has 0 aromatic rings. The molecule has 17 heavy (non-hydrogen) atoms. The number of ether oxygens (including phenoxy) is 3. The van der Waals surface area contributed by atoms with Crippen molar-refractivity contribution in [3.05, 3.63) is 0 Å². The van der Waals surface area contributed by atoms with E-state index in [-0.39, 0.29) is 13.2 Å². The number of rotatable bonds is 5. The number of carbonyl (C=O) groups excluding carboxylic acids is 2. The third-order valence-corrected chi connectivity index (χ3v) is 1.66. The van der Waals surface area contributed by atoms with Crippen molar-refractivity contribution in [2.75, 3.05) is 13.2 Å². The predicted molar refractivity (Wildman–Crippen MR) is 61.2 cm³/mol. The Bertz CT molecular complexity index is 300. The van der Waals surface area contributed by atoms with Gasteiger partial charge in [0.05, 0.1) is 13.2 Å².